The summed E-state index contributed by atoms with van der Waals surface area (Å²) >= 11 is 0. The van der Waals surface area contributed by atoms with Gasteiger partial charge in [0.2, 0.25) is 0 Å². The average molecular weight is 173 g/mol. The second kappa shape index (κ2) is 3.75. The van der Waals surface area contributed by atoms with E-state index in [4.69, 9.17) is 0 Å². The first-order valence-electron chi connectivity index (χ1n) is 4.80. The predicted molar refractivity (Wildman–Crippen MR) is 55.8 cm³/mol. The number of aryl methyl sites for hydroxylation is 1. The van der Waals surface area contributed by atoms with E-state index < -0.39 is 0 Å². The number of benzene rings is 1. The maximum Gasteiger partial charge on any atom is 0.0293 e. The van der Waals surface area contributed by atoms with Crippen LogP contribution in [0.2, 0.25) is 0 Å². The molecule has 0 fully saturated rings. The second-order valence-electron chi connectivity index (χ2n) is 3.63. The van der Waals surface area contributed by atoms with Gasteiger partial charge in [0.1, 0.15) is 0 Å². The average Bonchev–Trinajstić information content (AvgIpc) is 2.62. The molecule has 1 aliphatic heterocycles. The second-order valence-corrected chi connectivity index (χ2v) is 3.63. The third kappa shape index (κ3) is 2.19. The maximum absolute atomic E-state index is 3.41. The molecule has 1 unspecified atom stereocenters. The Kier molecular flexibility index (Phi) is 2.46. The van der Waals surface area contributed by atoms with Crippen molar-refractivity contribution in [2.24, 2.45) is 0 Å². The standard InChI is InChI=1S/C12H15N/c1-10-4-6-11(7-5-10)9-12-3-2-8-13-12/h2-7,12-13H,8-9H2,1H3. The Balaban J connectivity index is 2.01. The molecule has 1 N–H and O–H groups in total. The van der Waals surface area contributed by atoms with Gasteiger partial charge in [0.25, 0.3) is 0 Å². The molecule has 1 aromatic rings. The number of hydrogen-bond donors (Lipinski definition) is 1. The minimum atomic E-state index is 0.544. The van der Waals surface area contributed by atoms with Crippen molar-refractivity contribution in [3.63, 3.8) is 0 Å². The molecule has 1 heterocycles. The van der Waals surface area contributed by atoms with Crippen LogP contribution in [0.15, 0.2) is 36.4 Å². The zero-order valence-electron chi connectivity index (χ0n) is 7.96. The van der Waals surface area contributed by atoms with Crippen LogP contribution in [-0.4, -0.2) is 12.6 Å². The van der Waals surface area contributed by atoms with Crippen LogP contribution in [0.1, 0.15) is 11.1 Å². The van der Waals surface area contributed by atoms with E-state index in [-0.39, 0.29) is 0 Å². The summed E-state index contributed by atoms with van der Waals surface area (Å²) in [6, 6.07) is 9.32. The van der Waals surface area contributed by atoms with Gasteiger partial charge < -0.3 is 5.32 Å². The summed E-state index contributed by atoms with van der Waals surface area (Å²) in [4.78, 5) is 0. The van der Waals surface area contributed by atoms with Gasteiger partial charge in [0.05, 0.1) is 0 Å². The SMILES string of the molecule is Cc1ccc(CC2C=CCN2)cc1. The van der Waals surface area contributed by atoms with Crippen LogP contribution in [0.4, 0.5) is 0 Å². The molecule has 0 radical (unpaired) electrons. The molecular formula is C12H15N. The summed E-state index contributed by atoms with van der Waals surface area (Å²) in [6.07, 6.45) is 5.55. The van der Waals surface area contributed by atoms with Crippen LogP contribution in [-0.2, 0) is 6.42 Å². The molecule has 13 heavy (non-hydrogen) atoms. The van der Waals surface area contributed by atoms with Gasteiger partial charge in [-0.1, -0.05) is 42.0 Å². The molecule has 0 bridgehead atoms. The molecule has 68 valence electrons. The Morgan fingerprint density at radius 2 is 2.08 bits per heavy atom. The monoisotopic (exact) mass is 173 g/mol. The topological polar surface area (TPSA) is 12.0 Å². The number of hydrogen-bond acceptors (Lipinski definition) is 1. The molecule has 1 atom stereocenters. The van der Waals surface area contributed by atoms with Gasteiger partial charge in [0.15, 0.2) is 0 Å². The molecule has 1 nitrogen and oxygen atoms in total. The van der Waals surface area contributed by atoms with E-state index in [1.54, 1.807) is 0 Å². The van der Waals surface area contributed by atoms with Crippen LogP contribution in [0.5, 0.6) is 0 Å². The Morgan fingerprint density at radius 1 is 1.31 bits per heavy atom. The lowest BCUT2D eigenvalue weighted by molar-refractivity contribution is 0.665. The van der Waals surface area contributed by atoms with E-state index in [0.717, 1.165) is 13.0 Å². The van der Waals surface area contributed by atoms with Crippen molar-refractivity contribution >= 4 is 0 Å². The van der Waals surface area contributed by atoms with Crippen molar-refractivity contribution in [3.8, 4) is 0 Å². The molecule has 1 aromatic carbocycles. The van der Waals surface area contributed by atoms with Gasteiger partial charge in [0, 0.05) is 12.6 Å². The largest absolute Gasteiger partial charge is 0.307 e. The summed E-state index contributed by atoms with van der Waals surface area (Å²) < 4.78 is 0. The molecule has 2 rings (SSSR count). The van der Waals surface area contributed by atoms with Gasteiger partial charge in [-0.05, 0) is 18.9 Å². The molecule has 1 heteroatoms. The first kappa shape index (κ1) is 8.52. The van der Waals surface area contributed by atoms with Gasteiger partial charge in [-0.15, -0.1) is 0 Å². The Bertz CT molecular complexity index is 297. The molecule has 0 saturated carbocycles. The normalized spacial score (nSPS) is 20.8. The van der Waals surface area contributed by atoms with Crippen LogP contribution in [0.25, 0.3) is 0 Å². The third-order valence-electron chi connectivity index (χ3n) is 2.44. The van der Waals surface area contributed by atoms with E-state index in [2.05, 4.69) is 48.7 Å². The van der Waals surface area contributed by atoms with Crippen LogP contribution >= 0.6 is 0 Å². The van der Waals surface area contributed by atoms with Gasteiger partial charge in [-0.3, -0.25) is 0 Å². The van der Waals surface area contributed by atoms with E-state index in [0.29, 0.717) is 6.04 Å². The number of nitrogens with one attached hydrogen (secondary N) is 1. The Labute approximate surface area is 79.5 Å². The van der Waals surface area contributed by atoms with Crippen molar-refractivity contribution in [1.29, 1.82) is 0 Å². The number of rotatable bonds is 2. The lowest BCUT2D eigenvalue weighted by atomic mass is 10.1. The van der Waals surface area contributed by atoms with E-state index >= 15 is 0 Å². The Hall–Kier alpha value is -1.08. The molecule has 0 aromatic heterocycles. The first-order chi connectivity index (χ1) is 6.34. The van der Waals surface area contributed by atoms with Crippen LogP contribution in [0.3, 0.4) is 0 Å². The minimum Gasteiger partial charge on any atom is -0.307 e. The summed E-state index contributed by atoms with van der Waals surface area (Å²) in [5, 5.41) is 3.41. The zero-order valence-corrected chi connectivity index (χ0v) is 7.96. The highest BCUT2D eigenvalue weighted by Crippen LogP contribution is 2.08. The fourth-order valence-electron chi connectivity index (χ4n) is 1.64. The highest BCUT2D eigenvalue weighted by Gasteiger charge is 2.07. The smallest absolute Gasteiger partial charge is 0.0293 e. The van der Waals surface area contributed by atoms with Crippen molar-refractivity contribution in [3.05, 3.63) is 47.5 Å². The van der Waals surface area contributed by atoms with Crippen LogP contribution < -0.4 is 5.32 Å². The highest BCUT2D eigenvalue weighted by molar-refractivity contribution is 5.23. The molecular weight excluding hydrogens is 158 g/mol. The minimum absolute atomic E-state index is 0.544. The zero-order chi connectivity index (χ0) is 9.10. The third-order valence-corrected chi connectivity index (χ3v) is 2.44. The van der Waals surface area contributed by atoms with Crippen molar-refractivity contribution in [2.75, 3.05) is 6.54 Å². The van der Waals surface area contributed by atoms with Crippen LogP contribution in [0, 0.1) is 6.92 Å². The summed E-state index contributed by atoms with van der Waals surface area (Å²) in [5.41, 5.74) is 2.74. The first-order valence-corrected chi connectivity index (χ1v) is 4.80. The quantitative estimate of drug-likeness (QED) is 0.675. The lowest BCUT2D eigenvalue weighted by Gasteiger charge is -2.08. The molecule has 0 spiro atoms. The van der Waals surface area contributed by atoms with Crippen molar-refractivity contribution in [2.45, 2.75) is 19.4 Å². The molecule has 0 aliphatic carbocycles. The summed E-state index contributed by atoms with van der Waals surface area (Å²) in [7, 11) is 0. The predicted octanol–water partition coefficient (Wildman–Crippen LogP) is 2.07. The van der Waals surface area contributed by atoms with Crippen molar-refractivity contribution < 1.29 is 0 Å². The highest BCUT2D eigenvalue weighted by atomic mass is 14.9. The van der Waals surface area contributed by atoms with Crippen molar-refractivity contribution in [1.82, 2.24) is 5.32 Å². The fraction of sp³-hybridized carbons (Fsp3) is 0.333. The van der Waals surface area contributed by atoms with E-state index in [9.17, 15) is 0 Å². The van der Waals surface area contributed by atoms with E-state index in [1.807, 2.05) is 0 Å². The maximum atomic E-state index is 3.41. The van der Waals surface area contributed by atoms with E-state index in [1.165, 1.54) is 11.1 Å². The van der Waals surface area contributed by atoms with Gasteiger partial charge >= 0.3 is 0 Å². The molecule has 0 saturated heterocycles. The summed E-state index contributed by atoms with van der Waals surface area (Å²) in [5.74, 6) is 0. The Morgan fingerprint density at radius 3 is 2.69 bits per heavy atom. The van der Waals surface area contributed by atoms with Gasteiger partial charge in [-0.25, -0.2) is 0 Å². The fourth-order valence-corrected chi connectivity index (χ4v) is 1.64. The molecule has 0 amide bonds. The molecule has 1 aliphatic rings. The lowest BCUT2D eigenvalue weighted by Crippen LogP contribution is -2.24. The summed E-state index contributed by atoms with van der Waals surface area (Å²) in [6.45, 7) is 3.15. The van der Waals surface area contributed by atoms with Gasteiger partial charge in [-0.2, -0.15) is 0 Å².